The average Bonchev–Trinajstić information content (AvgIpc) is 2.86. The molecule has 0 bridgehead atoms. The molecule has 1 fully saturated rings. The predicted molar refractivity (Wildman–Crippen MR) is 78.1 cm³/mol. The molecule has 0 saturated heterocycles. The molecule has 2 aromatic rings. The number of hydrogen-bond donors (Lipinski definition) is 1. The fourth-order valence-corrected chi connectivity index (χ4v) is 3.02. The van der Waals surface area contributed by atoms with Crippen molar-refractivity contribution in [3.63, 3.8) is 0 Å². The summed E-state index contributed by atoms with van der Waals surface area (Å²) in [6, 6.07) is 3.51. The van der Waals surface area contributed by atoms with E-state index in [0.717, 1.165) is 12.1 Å². The van der Waals surface area contributed by atoms with Crippen LogP contribution in [0.4, 0.5) is 11.4 Å². The smallest absolute Gasteiger partial charge is 0.300 e. The summed E-state index contributed by atoms with van der Waals surface area (Å²) in [6.07, 6.45) is 6.04. The van der Waals surface area contributed by atoms with Gasteiger partial charge in [0, 0.05) is 12.1 Å². The van der Waals surface area contributed by atoms with Gasteiger partial charge in [0.15, 0.2) is 5.52 Å². The number of rotatable bonds is 3. The zero-order chi connectivity index (χ0) is 14.8. The van der Waals surface area contributed by atoms with Crippen molar-refractivity contribution in [2.75, 3.05) is 5.32 Å². The lowest BCUT2D eigenvalue weighted by atomic mass is 9.96. The van der Waals surface area contributed by atoms with Gasteiger partial charge in [-0.1, -0.05) is 26.2 Å². The molecular weight excluding hydrogens is 272 g/mol. The van der Waals surface area contributed by atoms with Crippen LogP contribution in [0.2, 0.25) is 0 Å². The van der Waals surface area contributed by atoms with Crippen molar-refractivity contribution in [3.05, 3.63) is 22.2 Å². The van der Waals surface area contributed by atoms with Crippen LogP contribution < -0.4 is 5.32 Å². The van der Waals surface area contributed by atoms with Gasteiger partial charge in [-0.05, 0) is 35.1 Å². The molecule has 2 unspecified atom stereocenters. The lowest BCUT2D eigenvalue weighted by Gasteiger charge is -2.23. The Morgan fingerprint density at radius 2 is 2.00 bits per heavy atom. The van der Waals surface area contributed by atoms with Crippen molar-refractivity contribution in [1.29, 1.82) is 0 Å². The topological polar surface area (TPSA) is 94.1 Å². The van der Waals surface area contributed by atoms with E-state index < -0.39 is 4.92 Å². The summed E-state index contributed by atoms with van der Waals surface area (Å²) in [5, 5.41) is 22.0. The highest BCUT2D eigenvalue weighted by Crippen LogP contribution is 2.32. The minimum atomic E-state index is -0.468. The Bertz CT molecular complexity index is 655. The standard InChI is InChI=1S/C14H18N4O3/c1-9-5-3-2-4-6-10(9)15-11-7-8-12(18(19)20)14-13(11)16-21-17-14/h7-10,15H,2-6H2,1H3. The zero-order valence-corrected chi connectivity index (χ0v) is 11.9. The van der Waals surface area contributed by atoms with E-state index in [0.29, 0.717) is 17.5 Å². The van der Waals surface area contributed by atoms with E-state index in [-0.39, 0.29) is 11.2 Å². The molecule has 1 heterocycles. The van der Waals surface area contributed by atoms with E-state index in [9.17, 15) is 10.1 Å². The van der Waals surface area contributed by atoms with Gasteiger partial charge >= 0.3 is 5.69 Å². The molecule has 7 nitrogen and oxygen atoms in total. The fourth-order valence-electron chi connectivity index (χ4n) is 3.02. The average molecular weight is 290 g/mol. The summed E-state index contributed by atoms with van der Waals surface area (Å²) in [4.78, 5) is 10.5. The van der Waals surface area contributed by atoms with E-state index >= 15 is 0 Å². The molecule has 1 aliphatic rings. The molecule has 21 heavy (non-hydrogen) atoms. The van der Waals surface area contributed by atoms with E-state index in [1.54, 1.807) is 6.07 Å². The van der Waals surface area contributed by atoms with Crippen molar-refractivity contribution in [2.45, 2.75) is 45.1 Å². The third-order valence-corrected chi connectivity index (χ3v) is 4.29. The van der Waals surface area contributed by atoms with Crippen molar-refractivity contribution in [3.8, 4) is 0 Å². The second kappa shape index (κ2) is 5.67. The first-order valence-corrected chi connectivity index (χ1v) is 7.33. The number of hydrogen-bond acceptors (Lipinski definition) is 6. The minimum Gasteiger partial charge on any atom is -0.380 e. The van der Waals surface area contributed by atoms with Gasteiger partial charge in [-0.3, -0.25) is 10.1 Å². The zero-order valence-electron chi connectivity index (χ0n) is 11.9. The molecule has 3 rings (SSSR count). The molecule has 0 spiro atoms. The predicted octanol–water partition coefficient (Wildman–Crippen LogP) is 3.51. The van der Waals surface area contributed by atoms with Gasteiger partial charge < -0.3 is 5.32 Å². The van der Waals surface area contributed by atoms with Crippen molar-refractivity contribution in [2.24, 2.45) is 5.92 Å². The van der Waals surface area contributed by atoms with Gasteiger partial charge in [-0.2, -0.15) is 0 Å². The van der Waals surface area contributed by atoms with Crippen LogP contribution in [0.3, 0.4) is 0 Å². The maximum Gasteiger partial charge on any atom is 0.300 e. The lowest BCUT2D eigenvalue weighted by Crippen LogP contribution is -2.26. The summed E-state index contributed by atoms with van der Waals surface area (Å²) >= 11 is 0. The van der Waals surface area contributed by atoms with Crippen LogP contribution in [-0.2, 0) is 0 Å². The summed E-state index contributed by atoms with van der Waals surface area (Å²) < 4.78 is 4.69. The summed E-state index contributed by atoms with van der Waals surface area (Å²) in [7, 11) is 0. The van der Waals surface area contributed by atoms with Crippen LogP contribution in [-0.4, -0.2) is 21.3 Å². The molecule has 1 aliphatic carbocycles. The lowest BCUT2D eigenvalue weighted by molar-refractivity contribution is -0.383. The molecule has 7 heteroatoms. The highest BCUT2D eigenvalue weighted by atomic mass is 16.6. The first-order chi connectivity index (χ1) is 10.2. The Balaban J connectivity index is 1.92. The highest BCUT2D eigenvalue weighted by Gasteiger charge is 2.24. The number of anilines is 1. The fraction of sp³-hybridized carbons (Fsp3) is 0.571. The van der Waals surface area contributed by atoms with Crippen LogP contribution in [0.1, 0.15) is 39.0 Å². The number of fused-ring (bicyclic) bond motifs is 1. The Kier molecular flexibility index (Phi) is 3.72. The molecule has 1 saturated carbocycles. The molecular formula is C14H18N4O3. The van der Waals surface area contributed by atoms with Crippen LogP contribution in [0.5, 0.6) is 0 Å². The Morgan fingerprint density at radius 3 is 2.81 bits per heavy atom. The quantitative estimate of drug-likeness (QED) is 0.528. The summed E-state index contributed by atoms with van der Waals surface area (Å²) in [5.41, 5.74) is 1.31. The Labute approximate surface area is 121 Å². The van der Waals surface area contributed by atoms with E-state index in [4.69, 9.17) is 4.63 Å². The normalized spacial score (nSPS) is 22.9. The number of nitrogens with zero attached hydrogens (tertiary/aromatic N) is 3. The second-order valence-electron chi connectivity index (χ2n) is 5.72. The van der Waals surface area contributed by atoms with Gasteiger partial charge in [0.25, 0.3) is 0 Å². The van der Waals surface area contributed by atoms with E-state index in [2.05, 4.69) is 22.6 Å². The molecule has 2 atom stereocenters. The van der Waals surface area contributed by atoms with Gasteiger partial charge in [0.2, 0.25) is 5.52 Å². The van der Waals surface area contributed by atoms with Crippen LogP contribution >= 0.6 is 0 Å². The molecule has 1 N–H and O–H groups in total. The Morgan fingerprint density at radius 1 is 1.24 bits per heavy atom. The van der Waals surface area contributed by atoms with Crippen LogP contribution in [0, 0.1) is 16.0 Å². The number of nitro groups is 1. The largest absolute Gasteiger partial charge is 0.380 e. The number of aromatic nitrogens is 2. The van der Waals surface area contributed by atoms with Crippen LogP contribution in [0.25, 0.3) is 11.0 Å². The maximum atomic E-state index is 11.0. The number of benzene rings is 1. The summed E-state index contributed by atoms with van der Waals surface area (Å²) in [5.74, 6) is 0.567. The van der Waals surface area contributed by atoms with Crippen molar-refractivity contribution < 1.29 is 9.55 Å². The third kappa shape index (κ3) is 2.68. The van der Waals surface area contributed by atoms with Gasteiger partial charge in [0.1, 0.15) is 0 Å². The minimum absolute atomic E-state index is 0.0780. The van der Waals surface area contributed by atoms with Gasteiger partial charge in [-0.15, -0.1) is 0 Å². The van der Waals surface area contributed by atoms with E-state index in [1.165, 1.54) is 31.7 Å². The highest BCUT2D eigenvalue weighted by molar-refractivity contribution is 5.93. The number of nitro benzene ring substituents is 1. The van der Waals surface area contributed by atoms with E-state index in [1.807, 2.05) is 0 Å². The first-order valence-electron chi connectivity index (χ1n) is 7.33. The molecule has 1 aromatic carbocycles. The number of non-ortho nitro benzene ring substituents is 1. The monoisotopic (exact) mass is 290 g/mol. The van der Waals surface area contributed by atoms with Gasteiger partial charge in [-0.25, -0.2) is 4.63 Å². The van der Waals surface area contributed by atoms with Gasteiger partial charge in [0.05, 0.1) is 10.6 Å². The molecule has 112 valence electrons. The molecule has 0 amide bonds. The maximum absolute atomic E-state index is 11.0. The van der Waals surface area contributed by atoms with Crippen molar-refractivity contribution in [1.82, 2.24) is 10.3 Å². The second-order valence-corrected chi connectivity index (χ2v) is 5.72. The van der Waals surface area contributed by atoms with Crippen molar-refractivity contribution >= 4 is 22.4 Å². The molecule has 0 radical (unpaired) electrons. The SMILES string of the molecule is CC1CCCCCC1Nc1ccc([N+](=O)[O-])c2nonc12. The molecule has 0 aliphatic heterocycles. The first kappa shape index (κ1) is 13.8. The van der Waals surface area contributed by atoms with Crippen LogP contribution in [0.15, 0.2) is 16.8 Å². The number of nitrogens with one attached hydrogen (secondary N) is 1. The Hall–Kier alpha value is -2.18. The third-order valence-electron chi connectivity index (χ3n) is 4.29. The molecule has 1 aromatic heterocycles. The summed E-state index contributed by atoms with van der Waals surface area (Å²) in [6.45, 7) is 2.24.